The van der Waals surface area contributed by atoms with Crippen LogP contribution in [0.3, 0.4) is 0 Å². The summed E-state index contributed by atoms with van der Waals surface area (Å²) in [6, 6.07) is 0. The van der Waals surface area contributed by atoms with Crippen molar-refractivity contribution >= 4 is 5.91 Å². The normalized spacial score (nSPS) is 16.3. The number of likely N-dealkylation sites (N-methyl/N-ethyl adjacent to an activating group) is 1. The molecule has 0 spiro atoms. The Balaban J connectivity index is 2.00. The van der Waals surface area contributed by atoms with Crippen LogP contribution in [0, 0.1) is 0 Å². The van der Waals surface area contributed by atoms with Crippen LogP contribution in [0.15, 0.2) is 0 Å². The molecule has 1 saturated heterocycles. The Kier molecular flexibility index (Phi) is 9.67. The highest BCUT2D eigenvalue weighted by molar-refractivity contribution is 5.75. The Morgan fingerprint density at radius 3 is 2.45 bits per heavy atom. The first kappa shape index (κ1) is 17.4. The van der Waals surface area contributed by atoms with E-state index in [1.54, 1.807) is 0 Å². The van der Waals surface area contributed by atoms with Gasteiger partial charge in [-0.15, -0.1) is 0 Å². The molecule has 20 heavy (non-hydrogen) atoms. The summed E-state index contributed by atoms with van der Waals surface area (Å²) in [7, 11) is 1.95. The van der Waals surface area contributed by atoms with E-state index in [1.165, 1.54) is 32.1 Å². The number of unbranched alkanes of at least 4 members (excludes halogenated alkanes) is 5. The quantitative estimate of drug-likeness (QED) is 0.624. The Labute approximate surface area is 124 Å². The molecule has 4 nitrogen and oxygen atoms in total. The van der Waals surface area contributed by atoms with Gasteiger partial charge in [-0.1, -0.05) is 39.0 Å². The second kappa shape index (κ2) is 11.1. The summed E-state index contributed by atoms with van der Waals surface area (Å²) in [5.41, 5.74) is 0. The van der Waals surface area contributed by atoms with Crippen molar-refractivity contribution in [1.82, 2.24) is 15.1 Å². The highest BCUT2D eigenvalue weighted by Crippen LogP contribution is 2.08. The van der Waals surface area contributed by atoms with Crippen molar-refractivity contribution < 1.29 is 4.79 Å². The van der Waals surface area contributed by atoms with Gasteiger partial charge in [0, 0.05) is 52.7 Å². The van der Waals surface area contributed by atoms with Gasteiger partial charge in [-0.25, -0.2) is 0 Å². The van der Waals surface area contributed by atoms with E-state index < -0.39 is 0 Å². The number of carbonyl (C=O) groups excluding carboxylic acids is 1. The first-order valence-electron chi connectivity index (χ1n) is 8.41. The molecule has 118 valence electrons. The summed E-state index contributed by atoms with van der Waals surface area (Å²) < 4.78 is 0. The first-order valence-corrected chi connectivity index (χ1v) is 8.41. The maximum atomic E-state index is 12.0. The van der Waals surface area contributed by atoms with Crippen molar-refractivity contribution in [3.63, 3.8) is 0 Å². The third kappa shape index (κ3) is 7.85. The van der Waals surface area contributed by atoms with Crippen LogP contribution in [0.2, 0.25) is 0 Å². The van der Waals surface area contributed by atoms with Crippen LogP contribution < -0.4 is 5.32 Å². The first-order chi connectivity index (χ1) is 9.74. The second-order valence-corrected chi connectivity index (χ2v) is 5.92. The van der Waals surface area contributed by atoms with E-state index in [0.717, 1.165) is 52.1 Å². The summed E-state index contributed by atoms with van der Waals surface area (Å²) in [6.07, 6.45) is 8.21. The summed E-state index contributed by atoms with van der Waals surface area (Å²) in [4.78, 5) is 16.3. The lowest BCUT2D eigenvalue weighted by Gasteiger charge is -2.29. The van der Waals surface area contributed by atoms with Crippen molar-refractivity contribution in [1.29, 1.82) is 0 Å². The van der Waals surface area contributed by atoms with E-state index >= 15 is 0 Å². The molecule has 0 bridgehead atoms. The molecular weight excluding hydrogens is 250 g/mol. The van der Waals surface area contributed by atoms with Gasteiger partial charge in [0.25, 0.3) is 0 Å². The SMILES string of the molecule is CCCCCCCCC(=O)N(C)CCN1CCNCC1. The molecule has 0 aromatic carbocycles. The summed E-state index contributed by atoms with van der Waals surface area (Å²) in [5, 5.41) is 3.35. The minimum atomic E-state index is 0.315. The van der Waals surface area contributed by atoms with Crippen molar-refractivity contribution in [3.05, 3.63) is 0 Å². The van der Waals surface area contributed by atoms with Crippen LogP contribution >= 0.6 is 0 Å². The van der Waals surface area contributed by atoms with Gasteiger partial charge < -0.3 is 10.2 Å². The average molecular weight is 283 g/mol. The Morgan fingerprint density at radius 1 is 1.10 bits per heavy atom. The largest absolute Gasteiger partial charge is 0.344 e. The molecule has 0 radical (unpaired) electrons. The van der Waals surface area contributed by atoms with Crippen LogP contribution in [0.1, 0.15) is 51.9 Å². The van der Waals surface area contributed by atoms with Crippen LogP contribution in [0.4, 0.5) is 0 Å². The molecule has 1 aliphatic rings. The molecule has 0 aromatic heterocycles. The molecule has 4 heteroatoms. The van der Waals surface area contributed by atoms with E-state index in [1.807, 2.05) is 11.9 Å². The lowest BCUT2D eigenvalue weighted by atomic mass is 10.1. The molecule has 0 aromatic rings. The van der Waals surface area contributed by atoms with Gasteiger partial charge >= 0.3 is 0 Å². The van der Waals surface area contributed by atoms with Gasteiger partial charge in [0.2, 0.25) is 5.91 Å². The Bertz CT molecular complexity index is 252. The standard InChI is InChI=1S/C16H33N3O/c1-3-4-5-6-7-8-9-16(20)18(2)14-15-19-12-10-17-11-13-19/h17H,3-15H2,1-2H3. The van der Waals surface area contributed by atoms with Crippen LogP contribution in [0.5, 0.6) is 0 Å². The summed E-state index contributed by atoms with van der Waals surface area (Å²) >= 11 is 0. The van der Waals surface area contributed by atoms with E-state index in [9.17, 15) is 4.79 Å². The molecule has 0 unspecified atom stereocenters. The molecule has 0 saturated carbocycles. The topological polar surface area (TPSA) is 35.6 Å². The van der Waals surface area contributed by atoms with E-state index in [4.69, 9.17) is 0 Å². The minimum Gasteiger partial charge on any atom is -0.344 e. The van der Waals surface area contributed by atoms with Crippen molar-refractivity contribution in [2.75, 3.05) is 46.3 Å². The lowest BCUT2D eigenvalue weighted by Crippen LogP contribution is -2.46. The third-order valence-corrected chi connectivity index (χ3v) is 4.13. The van der Waals surface area contributed by atoms with Gasteiger partial charge in [0.15, 0.2) is 0 Å². The van der Waals surface area contributed by atoms with E-state index in [0.29, 0.717) is 5.91 Å². The van der Waals surface area contributed by atoms with Gasteiger partial charge in [0.05, 0.1) is 0 Å². The molecule has 1 aliphatic heterocycles. The van der Waals surface area contributed by atoms with Gasteiger partial charge in [-0.2, -0.15) is 0 Å². The van der Waals surface area contributed by atoms with Crippen molar-refractivity contribution in [2.24, 2.45) is 0 Å². The number of carbonyl (C=O) groups is 1. The fourth-order valence-electron chi connectivity index (χ4n) is 2.60. The van der Waals surface area contributed by atoms with Crippen LogP contribution in [-0.2, 0) is 4.79 Å². The Hall–Kier alpha value is -0.610. The highest BCUT2D eigenvalue weighted by atomic mass is 16.2. The fourth-order valence-corrected chi connectivity index (χ4v) is 2.60. The zero-order valence-electron chi connectivity index (χ0n) is 13.5. The van der Waals surface area contributed by atoms with E-state index in [-0.39, 0.29) is 0 Å². The molecular formula is C16H33N3O. The maximum absolute atomic E-state index is 12.0. The highest BCUT2D eigenvalue weighted by Gasteiger charge is 2.12. The molecule has 1 heterocycles. The molecule has 1 amide bonds. The van der Waals surface area contributed by atoms with E-state index in [2.05, 4.69) is 17.1 Å². The number of nitrogens with one attached hydrogen (secondary N) is 1. The van der Waals surface area contributed by atoms with Gasteiger partial charge in [0.1, 0.15) is 0 Å². The predicted molar refractivity (Wildman–Crippen MR) is 84.9 cm³/mol. The summed E-state index contributed by atoms with van der Waals surface area (Å²) in [6.45, 7) is 8.50. The van der Waals surface area contributed by atoms with Gasteiger partial charge in [-0.05, 0) is 6.42 Å². The fraction of sp³-hybridized carbons (Fsp3) is 0.938. The number of nitrogens with zero attached hydrogens (tertiary/aromatic N) is 2. The molecule has 0 aliphatic carbocycles. The smallest absolute Gasteiger partial charge is 0.222 e. The predicted octanol–water partition coefficient (Wildman–Crippen LogP) is 2.10. The van der Waals surface area contributed by atoms with Crippen LogP contribution in [0.25, 0.3) is 0 Å². The zero-order chi connectivity index (χ0) is 14.6. The number of amides is 1. The Morgan fingerprint density at radius 2 is 1.75 bits per heavy atom. The number of hydrogen-bond donors (Lipinski definition) is 1. The molecule has 0 atom stereocenters. The van der Waals surface area contributed by atoms with Crippen molar-refractivity contribution in [2.45, 2.75) is 51.9 Å². The minimum absolute atomic E-state index is 0.315. The lowest BCUT2D eigenvalue weighted by molar-refractivity contribution is -0.130. The molecule has 1 rings (SSSR count). The number of piperazine rings is 1. The second-order valence-electron chi connectivity index (χ2n) is 5.92. The third-order valence-electron chi connectivity index (χ3n) is 4.13. The molecule has 1 N–H and O–H groups in total. The summed E-state index contributed by atoms with van der Waals surface area (Å²) in [5.74, 6) is 0.315. The van der Waals surface area contributed by atoms with Gasteiger partial charge in [-0.3, -0.25) is 9.69 Å². The number of hydrogen-bond acceptors (Lipinski definition) is 3. The average Bonchev–Trinajstić information content (AvgIpc) is 2.49. The number of rotatable bonds is 10. The monoisotopic (exact) mass is 283 g/mol. The maximum Gasteiger partial charge on any atom is 0.222 e. The van der Waals surface area contributed by atoms with Crippen LogP contribution in [-0.4, -0.2) is 62.0 Å². The van der Waals surface area contributed by atoms with Crippen molar-refractivity contribution in [3.8, 4) is 0 Å². The molecule has 1 fully saturated rings. The zero-order valence-corrected chi connectivity index (χ0v) is 13.5.